The fourth-order valence-corrected chi connectivity index (χ4v) is 1.14. The third-order valence-corrected chi connectivity index (χ3v) is 2.50. The molecule has 0 aliphatic heterocycles. The van der Waals surface area contributed by atoms with Crippen LogP contribution in [0.3, 0.4) is 0 Å². The average molecular weight is 220 g/mol. The van der Waals surface area contributed by atoms with Crippen molar-refractivity contribution in [2.45, 2.75) is 6.92 Å². The second-order valence-corrected chi connectivity index (χ2v) is 4.17. The van der Waals surface area contributed by atoms with Crippen LogP contribution in [0.4, 0.5) is 5.69 Å². The average Bonchev–Trinajstić information content (AvgIpc) is 2.36. The topological polar surface area (TPSA) is 76.3 Å². The molecule has 0 radical (unpaired) electrons. The summed E-state index contributed by atoms with van der Waals surface area (Å²) < 4.78 is 0. The van der Waals surface area contributed by atoms with Gasteiger partial charge in [-0.05, 0) is 24.3 Å². The predicted molar refractivity (Wildman–Crippen MR) is 61.9 cm³/mol. The highest BCUT2D eigenvalue weighted by Gasteiger charge is 2.21. The van der Waals surface area contributed by atoms with Crippen molar-refractivity contribution in [1.29, 1.82) is 5.26 Å². The third-order valence-electron chi connectivity index (χ3n) is 2.50. The molecule has 0 aliphatic rings. The fourth-order valence-electron chi connectivity index (χ4n) is 1.14. The molecule has 3 N–H and O–H groups in total. The van der Waals surface area contributed by atoms with E-state index in [1.54, 1.807) is 31.2 Å². The maximum atomic E-state index is 9.10. The SMILES string of the molecule is CC(CO)(CO)CNc1ccc(C#N)cc1. The molecule has 1 rings (SSSR count). The maximum Gasteiger partial charge on any atom is 0.0991 e. The first-order valence-electron chi connectivity index (χ1n) is 5.09. The molecule has 0 amide bonds. The molecule has 0 fully saturated rings. The Bertz CT molecular complexity index is 364. The molecular weight excluding hydrogens is 204 g/mol. The standard InChI is InChI=1S/C12H16N2O2/c1-12(8-15,9-16)7-14-11-4-2-10(6-13)3-5-11/h2-5,14-16H,7-9H2,1H3. The van der Waals surface area contributed by atoms with Crippen LogP contribution in [-0.2, 0) is 0 Å². The highest BCUT2D eigenvalue weighted by molar-refractivity contribution is 5.47. The molecule has 4 nitrogen and oxygen atoms in total. The zero-order valence-electron chi connectivity index (χ0n) is 9.27. The van der Waals surface area contributed by atoms with Gasteiger partial charge >= 0.3 is 0 Å². The smallest absolute Gasteiger partial charge is 0.0991 e. The summed E-state index contributed by atoms with van der Waals surface area (Å²) in [5.41, 5.74) is 0.943. The monoisotopic (exact) mass is 220 g/mol. The lowest BCUT2D eigenvalue weighted by Gasteiger charge is -2.25. The Balaban J connectivity index is 2.58. The second kappa shape index (κ2) is 5.50. The number of aliphatic hydroxyl groups excluding tert-OH is 2. The van der Waals surface area contributed by atoms with Crippen molar-refractivity contribution in [3.63, 3.8) is 0 Å². The number of nitrogens with zero attached hydrogens (tertiary/aromatic N) is 1. The zero-order valence-corrected chi connectivity index (χ0v) is 9.27. The zero-order chi connectivity index (χ0) is 12.0. The van der Waals surface area contributed by atoms with Crippen LogP contribution in [0, 0.1) is 16.7 Å². The van der Waals surface area contributed by atoms with Gasteiger partial charge in [-0.15, -0.1) is 0 Å². The van der Waals surface area contributed by atoms with E-state index >= 15 is 0 Å². The number of aliphatic hydroxyl groups is 2. The van der Waals surface area contributed by atoms with Crippen molar-refractivity contribution in [1.82, 2.24) is 0 Å². The van der Waals surface area contributed by atoms with Crippen molar-refractivity contribution in [2.24, 2.45) is 5.41 Å². The number of rotatable bonds is 5. The van der Waals surface area contributed by atoms with Gasteiger partial charge in [0.25, 0.3) is 0 Å². The van der Waals surface area contributed by atoms with Gasteiger partial charge in [0.15, 0.2) is 0 Å². The van der Waals surface area contributed by atoms with Crippen LogP contribution in [0.1, 0.15) is 12.5 Å². The van der Waals surface area contributed by atoms with Crippen LogP contribution in [0.2, 0.25) is 0 Å². The van der Waals surface area contributed by atoms with E-state index in [1.807, 2.05) is 6.07 Å². The van der Waals surface area contributed by atoms with E-state index in [4.69, 9.17) is 15.5 Å². The molecule has 86 valence electrons. The summed E-state index contributed by atoms with van der Waals surface area (Å²) in [6.07, 6.45) is 0. The summed E-state index contributed by atoms with van der Waals surface area (Å²) in [5.74, 6) is 0. The highest BCUT2D eigenvalue weighted by atomic mass is 16.3. The lowest BCUT2D eigenvalue weighted by molar-refractivity contribution is 0.0806. The Kier molecular flexibility index (Phi) is 4.29. The molecule has 0 saturated carbocycles. The summed E-state index contributed by atoms with van der Waals surface area (Å²) >= 11 is 0. The van der Waals surface area contributed by atoms with Crippen LogP contribution >= 0.6 is 0 Å². The van der Waals surface area contributed by atoms with Crippen molar-refractivity contribution in [3.05, 3.63) is 29.8 Å². The predicted octanol–water partition coefficient (Wildman–Crippen LogP) is 0.961. The highest BCUT2D eigenvalue weighted by Crippen LogP contribution is 2.16. The van der Waals surface area contributed by atoms with E-state index < -0.39 is 5.41 Å². The molecule has 0 bridgehead atoms. The van der Waals surface area contributed by atoms with Crippen LogP contribution in [0.15, 0.2) is 24.3 Å². The van der Waals surface area contributed by atoms with E-state index in [0.717, 1.165) is 5.69 Å². The Morgan fingerprint density at radius 2 is 1.81 bits per heavy atom. The van der Waals surface area contributed by atoms with Crippen LogP contribution < -0.4 is 5.32 Å². The Morgan fingerprint density at radius 1 is 1.25 bits per heavy atom. The van der Waals surface area contributed by atoms with Gasteiger partial charge < -0.3 is 15.5 Å². The van der Waals surface area contributed by atoms with Crippen molar-refractivity contribution in [3.8, 4) is 6.07 Å². The lowest BCUT2D eigenvalue weighted by atomic mass is 9.93. The summed E-state index contributed by atoms with van der Waals surface area (Å²) in [6.45, 7) is 2.12. The van der Waals surface area contributed by atoms with Crippen LogP contribution in [-0.4, -0.2) is 30.0 Å². The first-order chi connectivity index (χ1) is 7.63. The van der Waals surface area contributed by atoms with Gasteiger partial charge in [-0.2, -0.15) is 5.26 Å². The number of benzene rings is 1. The summed E-state index contributed by atoms with van der Waals surface area (Å²) in [4.78, 5) is 0. The van der Waals surface area contributed by atoms with Gasteiger partial charge in [0.05, 0.1) is 24.8 Å². The second-order valence-electron chi connectivity index (χ2n) is 4.17. The minimum absolute atomic E-state index is 0.0766. The molecule has 1 aromatic rings. The quantitative estimate of drug-likeness (QED) is 0.691. The van der Waals surface area contributed by atoms with Gasteiger partial charge in [-0.1, -0.05) is 6.92 Å². The molecule has 0 atom stereocenters. The number of nitriles is 1. The fraction of sp³-hybridized carbons (Fsp3) is 0.417. The van der Waals surface area contributed by atoms with Crippen LogP contribution in [0.25, 0.3) is 0 Å². The molecule has 0 heterocycles. The Morgan fingerprint density at radius 3 is 2.25 bits per heavy atom. The molecule has 16 heavy (non-hydrogen) atoms. The van der Waals surface area contributed by atoms with E-state index in [1.165, 1.54) is 0 Å². The number of hydrogen-bond donors (Lipinski definition) is 3. The van der Waals surface area contributed by atoms with Gasteiger partial charge in [0, 0.05) is 17.6 Å². The molecule has 1 aromatic carbocycles. The first-order valence-corrected chi connectivity index (χ1v) is 5.09. The largest absolute Gasteiger partial charge is 0.396 e. The summed E-state index contributed by atoms with van der Waals surface area (Å²) in [7, 11) is 0. The number of anilines is 1. The van der Waals surface area contributed by atoms with Gasteiger partial charge in [0.1, 0.15) is 0 Å². The van der Waals surface area contributed by atoms with E-state index in [2.05, 4.69) is 5.32 Å². The van der Waals surface area contributed by atoms with Gasteiger partial charge in [-0.3, -0.25) is 0 Å². The Hall–Kier alpha value is -1.57. The third kappa shape index (κ3) is 3.23. The molecule has 0 aromatic heterocycles. The molecule has 4 heteroatoms. The molecule has 0 saturated heterocycles. The number of hydrogen-bond acceptors (Lipinski definition) is 4. The maximum absolute atomic E-state index is 9.10. The van der Waals surface area contributed by atoms with Crippen molar-refractivity contribution in [2.75, 3.05) is 25.1 Å². The van der Waals surface area contributed by atoms with E-state index in [-0.39, 0.29) is 13.2 Å². The van der Waals surface area contributed by atoms with E-state index in [0.29, 0.717) is 12.1 Å². The molecule has 0 aliphatic carbocycles. The first kappa shape index (κ1) is 12.5. The van der Waals surface area contributed by atoms with Gasteiger partial charge in [-0.25, -0.2) is 0 Å². The molecule has 0 unspecified atom stereocenters. The molecule has 0 spiro atoms. The van der Waals surface area contributed by atoms with Crippen molar-refractivity contribution >= 4 is 5.69 Å². The van der Waals surface area contributed by atoms with Crippen molar-refractivity contribution < 1.29 is 10.2 Å². The van der Waals surface area contributed by atoms with Crippen LogP contribution in [0.5, 0.6) is 0 Å². The summed E-state index contributed by atoms with van der Waals surface area (Å²) in [5, 5.41) is 29.9. The van der Waals surface area contributed by atoms with Gasteiger partial charge in [0.2, 0.25) is 0 Å². The molecular formula is C12H16N2O2. The number of nitrogens with one attached hydrogen (secondary N) is 1. The lowest BCUT2D eigenvalue weighted by Crippen LogP contribution is -2.33. The normalized spacial score (nSPS) is 10.9. The Labute approximate surface area is 95.2 Å². The minimum atomic E-state index is -0.534. The minimum Gasteiger partial charge on any atom is -0.396 e. The van der Waals surface area contributed by atoms with E-state index in [9.17, 15) is 0 Å². The summed E-state index contributed by atoms with van der Waals surface area (Å²) in [6, 6.07) is 9.08.